The minimum atomic E-state index is -0.684. The standard InChI is InChI=1S/C26H23FN6O4/c1-37-19-9-8-16(27)11-17(19)26(36)29-12-14-4-6-15(7-5-14)22-21(24(28)35)23-18(13-30-32-23)25(31-22)33-10-2-3-20(33)34/h4-9,11,13H,2-3,10,12H2,1H3,(H2,28,35)(H,29,36)(H,30,32). The van der Waals surface area contributed by atoms with Crippen molar-refractivity contribution in [2.45, 2.75) is 19.4 Å². The Bertz CT molecular complexity index is 1530. The molecule has 3 heterocycles. The van der Waals surface area contributed by atoms with Crippen molar-refractivity contribution >= 4 is 34.4 Å². The molecule has 0 spiro atoms. The summed E-state index contributed by atoms with van der Waals surface area (Å²) in [5, 5.41) is 10.2. The van der Waals surface area contributed by atoms with Crippen LogP contribution in [0.4, 0.5) is 10.2 Å². The Morgan fingerprint density at radius 1 is 1.22 bits per heavy atom. The number of carbonyl (C=O) groups excluding carboxylic acids is 3. The number of H-pyrrole nitrogens is 1. The summed E-state index contributed by atoms with van der Waals surface area (Å²) in [6.07, 6.45) is 2.67. The number of nitrogens with one attached hydrogen (secondary N) is 2. The number of nitrogens with two attached hydrogens (primary N) is 1. The van der Waals surface area contributed by atoms with Crippen LogP contribution in [0, 0.1) is 5.82 Å². The Kier molecular flexibility index (Phi) is 6.26. The van der Waals surface area contributed by atoms with Gasteiger partial charge in [0, 0.05) is 25.1 Å². The monoisotopic (exact) mass is 502 g/mol. The molecule has 3 amide bonds. The van der Waals surface area contributed by atoms with E-state index in [4.69, 9.17) is 15.5 Å². The average molecular weight is 503 g/mol. The number of carbonyl (C=O) groups is 3. The highest BCUT2D eigenvalue weighted by Crippen LogP contribution is 2.35. The molecule has 37 heavy (non-hydrogen) atoms. The second-order valence-corrected chi connectivity index (χ2v) is 8.56. The van der Waals surface area contributed by atoms with E-state index in [-0.39, 0.29) is 29.3 Å². The highest BCUT2D eigenvalue weighted by atomic mass is 19.1. The maximum absolute atomic E-state index is 13.6. The number of rotatable bonds is 7. The van der Waals surface area contributed by atoms with Crippen molar-refractivity contribution in [3.05, 3.63) is 71.2 Å². The fraction of sp³-hybridized carbons (Fsp3) is 0.192. The van der Waals surface area contributed by atoms with Crippen molar-refractivity contribution in [1.29, 1.82) is 0 Å². The molecule has 0 radical (unpaired) electrons. The summed E-state index contributed by atoms with van der Waals surface area (Å²) in [6, 6.07) is 10.7. The fourth-order valence-corrected chi connectivity index (χ4v) is 4.43. The van der Waals surface area contributed by atoms with Gasteiger partial charge in [-0.05, 0) is 30.2 Å². The van der Waals surface area contributed by atoms with Crippen LogP contribution in [0.15, 0.2) is 48.7 Å². The second kappa shape index (κ2) is 9.69. The zero-order valence-electron chi connectivity index (χ0n) is 19.9. The fourth-order valence-electron chi connectivity index (χ4n) is 4.43. The first kappa shape index (κ1) is 23.9. The number of aromatic nitrogens is 3. The van der Waals surface area contributed by atoms with Crippen LogP contribution in [0.1, 0.15) is 39.1 Å². The second-order valence-electron chi connectivity index (χ2n) is 8.56. The minimum Gasteiger partial charge on any atom is -0.496 e. The van der Waals surface area contributed by atoms with Gasteiger partial charge in [0.2, 0.25) is 5.91 Å². The predicted molar refractivity (Wildman–Crippen MR) is 134 cm³/mol. The Morgan fingerprint density at radius 3 is 2.68 bits per heavy atom. The molecule has 0 bridgehead atoms. The summed E-state index contributed by atoms with van der Waals surface area (Å²) < 4.78 is 18.8. The number of aromatic amines is 1. The minimum absolute atomic E-state index is 0.0474. The molecule has 2 aromatic heterocycles. The smallest absolute Gasteiger partial charge is 0.255 e. The van der Waals surface area contributed by atoms with Crippen molar-refractivity contribution in [2.24, 2.45) is 5.73 Å². The summed E-state index contributed by atoms with van der Waals surface area (Å²) in [6.45, 7) is 0.693. The molecular formula is C26H23FN6O4. The maximum Gasteiger partial charge on any atom is 0.255 e. The number of primary amides is 1. The van der Waals surface area contributed by atoms with Crippen LogP contribution in [0.3, 0.4) is 0 Å². The van der Waals surface area contributed by atoms with Crippen LogP contribution < -0.4 is 20.7 Å². The number of hydrogen-bond acceptors (Lipinski definition) is 6. The van der Waals surface area contributed by atoms with Gasteiger partial charge in [0.25, 0.3) is 11.8 Å². The summed E-state index contributed by atoms with van der Waals surface area (Å²) in [7, 11) is 1.41. The van der Waals surface area contributed by atoms with E-state index in [9.17, 15) is 18.8 Å². The molecule has 0 atom stereocenters. The third-order valence-corrected chi connectivity index (χ3v) is 6.25. The molecule has 1 saturated heterocycles. The lowest BCUT2D eigenvalue weighted by molar-refractivity contribution is -0.117. The van der Waals surface area contributed by atoms with Gasteiger partial charge in [-0.25, -0.2) is 9.37 Å². The molecular weight excluding hydrogens is 479 g/mol. The van der Waals surface area contributed by atoms with Crippen LogP contribution in [-0.4, -0.2) is 46.6 Å². The summed E-state index contributed by atoms with van der Waals surface area (Å²) in [5.41, 5.74) is 8.06. The van der Waals surface area contributed by atoms with Crippen LogP contribution >= 0.6 is 0 Å². The first-order valence-electron chi connectivity index (χ1n) is 11.6. The van der Waals surface area contributed by atoms with Crippen molar-refractivity contribution in [1.82, 2.24) is 20.5 Å². The van der Waals surface area contributed by atoms with Gasteiger partial charge in [0.15, 0.2) is 0 Å². The van der Waals surface area contributed by atoms with Crippen molar-refractivity contribution in [3.8, 4) is 17.0 Å². The molecule has 0 aliphatic carbocycles. The molecule has 0 saturated carbocycles. The Morgan fingerprint density at radius 2 is 2.00 bits per heavy atom. The molecule has 2 aromatic carbocycles. The van der Waals surface area contributed by atoms with Gasteiger partial charge in [-0.3, -0.25) is 24.4 Å². The molecule has 0 unspecified atom stereocenters. The predicted octanol–water partition coefficient (Wildman–Crippen LogP) is 2.93. The SMILES string of the molecule is COc1ccc(F)cc1C(=O)NCc1ccc(-c2nc(N3CCCC3=O)c3cn[nH]c3c2C(N)=O)cc1. The van der Waals surface area contributed by atoms with E-state index in [0.29, 0.717) is 47.4 Å². The molecule has 5 rings (SSSR count). The molecule has 11 heteroatoms. The van der Waals surface area contributed by atoms with Gasteiger partial charge < -0.3 is 15.8 Å². The quantitative estimate of drug-likeness (QED) is 0.355. The molecule has 10 nitrogen and oxygen atoms in total. The van der Waals surface area contributed by atoms with Crippen LogP contribution in [0.25, 0.3) is 22.2 Å². The topological polar surface area (TPSA) is 143 Å². The van der Waals surface area contributed by atoms with E-state index in [1.807, 2.05) is 0 Å². The molecule has 4 aromatic rings. The normalized spacial score (nSPS) is 13.2. The zero-order valence-corrected chi connectivity index (χ0v) is 19.9. The summed E-state index contributed by atoms with van der Waals surface area (Å²) in [4.78, 5) is 43.7. The van der Waals surface area contributed by atoms with E-state index in [2.05, 4.69) is 15.5 Å². The van der Waals surface area contributed by atoms with Crippen LogP contribution in [0.2, 0.25) is 0 Å². The third-order valence-electron chi connectivity index (χ3n) is 6.25. The number of methoxy groups -OCH3 is 1. The lowest BCUT2D eigenvalue weighted by Crippen LogP contribution is -2.26. The number of ether oxygens (including phenoxy) is 1. The first-order chi connectivity index (χ1) is 17.9. The number of benzene rings is 2. The van der Waals surface area contributed by atoms with Gasteiger partial charge in [0.1, 0.15) is 17.4 Å². The van der Waals surface area contributed by atoms with Gasteiger partial charge >= 0.3 is 0 Å². The number of pyridine rings is 1. The van der Waals surface area contributed by atoms with Gasteiger partial charge in [-0.15, -0.1) is 0 Å². The average Bonchev–Trinajstić information content (AvgIpc) is 3.55. The number of hydrogen-bond donors (Lipinski definition) is 3. The van der Waals surface area contributed by atoms with Crippen molar-refractivity contribution in [3.63, 3.8) is 0 Å². The Hall–Kier alpha value is -4.80. The van der Waals surface area contributed by atoms with Gasteiger partial charge in [0.05, 0.1) is 41.0 Å². The van der Waals surface area contributed by atoms with Crippen molar-refractivity contribution in [2.75, 3.05) is 18.6 Å². The first-order valence-corrected chi connectivity index (χ1v) is 11.6. The maximum atomic E-state index is 13.6. The van der Waals surface area contributed by atoms with E-state index < -0.39 is 17.6 Å². The summed E-state index contributed by atoms with van der Waals surface area (Å²) >= 11 is 0. The van der Waals surface area contributed by atoms with E-state index in [0.717, 1.165) is 11.6 Å². The van der Waals surface area contributed by atoms with Gasteiger partial charge in [-0.1, -0.05) is 24.3 Å². The third kappa shape index (κ3) is 4.46. The lowest BCUT2D eigenvalue weighted by atomic mass is 10.0. The number of amides is 3. The highest BCUT2D eigenvalue weighted by molar-refractivity contribution is 6.13. The number of anilines is 1. The summed E-state index contributed by atoms with van der Waals surface area (Å²) in [5.74, 6) is -1.07. The largest absolute Gasteiger partial charge is 0.496 e. The zero-order chi connectivity index (χ0) is 26.1. The Balaban J connectivity index is 1.44. The van der Waals surface area contributed by atoms with E-state index in [1.54, 1.807) is 29.2 Å². The number of fused-ring (bicyclic) bond motifs is 1. The molecule has 1 aliphatic heterocycles. The van der Waals surface area contributed by atoms with E-state index >= 15 is 0 Å². The van der Waals surface area contributed by atoms with Crippen LogP contribution in [-0.2, 0) is 11.3 Å². The lowest BCUT2D eigenvalue weighted by Gasteiger charge is -2.18. The molecule has 4 N–H and O–H groups in total. The van der Waals surface area contributed by atoms with Gasteiger partial charge in [-0.2, -0.15) is 5.10 Å². The molecule has 1 aliphatic rings. The van der Waals surface area contributed by atoms with Crippen LogP contribution in [0.5, 0.6) is 5.75 Å². The number of halogens is 1. The molecule has 1 fully saturated rings. The van der Waals surface area contributed by atoms with Crippen molar-refractivity contribution < 1.29 is 23.5 Å². The van der Waals surface area contributed by atoms with E-state index in [1.165, 1.54) is 25.4 Å². The Labute approximate surface area is 210 Å². The number of nitrogens with zero attached hydrogens (tertiary/aromatic N) is 3. The highest BCUT2D eigenvalue weighted by Gasteiger charge is 2.28. The molecule has 188 valence electrons.